The standard InChI is InChI=1S/C27H27Cl2N3O3/c1-17(2)25(31-26(33)21-9-12-23(28)24(29)14-21)27(34)32-30-15-19-7-10-22(11-8-19)35-16-20-6-4-5-18(3)13-20/h4-15,17,25H,16H2,1-3H3,(H,31,33)(H,32,34). The molecule has 0 aliphatic rings. The summed E-state index contributed by atoms with van der Waals surface area (Å²) in [5, 5.41) is 7.37. The Labute approximate surface area is 215 Å². The minimum absolute atomic E-state index is 0.165. The zero-order valence-corrected chi connectivity index (χ0v) is 21.2. The number of halogens is 2. The second-order valence-electron chi connectivity index (χ2n) is 8.41. The summed E-state index contributed by atoms with van der Waals surface area (Å²) >= 11 is 11.9. The summed E-state index contributed by atoms with van der Waals surface area (Å²) in [4.78, 5) is 25.2. The van der Waals surface area contributed by atoms with E-state index < -0.39 is 17.9 Å². The third kappa shape index (κ3) is 7.84. The molecule has 0 saturated heterocycles. The lowest BCUT2D eigenvalue weighted by Gasteiger charge is -2.20. The van der Waals surface area contributed by atoms with Crippen molar-refractivity contribution in [3.8, 4) is 5.75 Å². The fraction of sp³-hybridized carbons (Fsp3) is 0.222. The number of hydrogen-bond acceptors (Lipinski definition) is 4. The molecule has 182 valence electrons. The van der Waals surface area contributed by atoms with Crippen LogP contribution in [0.4, 0.5) is 0 Å². The molecule has 0 heterocycles. The van der Waals surface area contributed by atoms with Crippen LogP contribution in [0.15, 0.2) is 71.8 Å². The SMILES string of the molecule is Cc1cccc(COc2ccc(C=NNC(=O)C(NC(=O)c3ccc(Cl)c(Cl)c3)C(C)C)cc2)c1. The van der Waals surface area contributed by atoms with Gasteiger partial charge in [0.1, 0.15) is 18.4 Å². The maximum absolute atomic E-state index is 12.7. The van der Waals surface area contributed by atoms with Gasteiger partial charge >= 0.3 is 0 Å². The molecule has 2 amide bonds. The molecule has 2 N–H and O–H groups in total. The zero-order chi connectivity index (χ0) is 25.4. The van der Waals surface area contributed by atoms with Crippen LogP contribution in [0.25, 0.3) is 0 Å². The van der Waals surface area contributed by atoms with E-state index in [0.717, 1.165) is 16.9 Å². The van der Waals surface area contributed by atoms with Gasteiger partial charge in [0, 0.05) is 5.56 Å². The molecule has 3 aromatic rings. The summed E-state index contributed by atoms with van der Waals surface area (Å²) in [6, 6.07) is 19.3. The minimum Gasteiger partial charge on any atom is -0.489 e. The van der Waals surface area contributed by atoms with Crippen LogP contribution >= 0.6 is 23.2 Å². The summed E-state index contributed by atoms with van der Waals surface area (Å²) in [5.41, 5.74) is 5.88. The van der Waals surface area contributed by atoms with Gasteiger partial charge in [-0.15, -0.1) is 0 Å². The number of hydrazone groups is 1. The summed E-state index contributed by atoms with van der Waals surface area (Å²) in [5.74, 6) is -0.287. The molecule has 0 aliphatic carbocycles. The van der Waals surface area contributed by atoms with Crippen molar-refractivity contribution >= 4 is 41.2 Å². The molecule has 3 aromatic carbocycles. The number of carbonyl (C=O) groups excluding carboxylic acids is 2. The first kappa shape index (κ1) is 26.3. The van der Waals surface area contributed by atoms with Crippen LogP contribution in [0.5, 0.6) is 5.75 Å². The van der Waals surface area contributed by atoms with Gasteiger partial charge in [-0.3, -0.25) is 9.59 Å². The Kier molecular flexibility index (Phi) is 9.29. The van der Waals surface area contributed by atoms with Gasteiger partial charge in [-0.25, -0.2) is 5.43 Å². The molecule has 3 rings (SSSR count). The van der Waals surface area contributed by atoms with E-state index in [1.807, 2.05) is 63.2 Å². The zero-order valence-electron chi connectivity index (χ0n) is 19.7. The van der Waals surface area contributed by atoms with Crippen LogP contribution in [0.2, 0.25) is 10.0 Å². The molecule has 0 bridgehead atoms. The van der Waals surface area contributed by atoms with E-state index >= 15 is 0 Å². The average molecular weight is 512 g/mol. The molecule has 35 heavy (non-hydrogen) atoms. The van der Waals surface area contributed by atoms with Crippen LogP contribution in [-0.4, -0.2) is 24.1 Å². The number of nitrogens with one attached hydrogen (secondary N) is 2. The number of aryl methyl sites for hydroxylation is 1. The van der Waals surface area contributed by atoms with Gasteiger partial charge in [0.2, 0.25) is 0 Å². The van der Waals surface area contributed by atoms with E-state index in [9.17, 15) is 9.59 Å². The predicted octanol–water partition coefficient (Wildman–Crippen LogP) is 5.79. The van der Waals surface area contributed by atoms with Crippen LogP contribution in [-0.2, 0) is 11.4 Å². The van der Waals surface area contributed by atoms with Crippen LogP contribution < -0.4 is 15.5 Å². The molecule has 1 unspecified atom stereocenters. The van der Waals surface area contributed by atoms with Crippen molar-refractivity contribution in [3.63, 3.8) is 0 Å². The topological polar surface area (TPSA) is 79.8 Å². The molecule has 0 spiro atoms. The third-order valence-electron chi connectivity index (χ3n) is 5.17. The van der Waals surface area contributed by atoms with Crippen molar-refractivity contribution in [2.24, 2.45) is 11.0 Å². The lowest BCUT2D eigenvalue weighted by atomic mass is 10.0. The van der Waals surface area contributed by atoms with Crippen molar-refractivity contribution in [2.75, 3.05) is 0 Å². The summed E-state index contributed by atoms with van der Waals surface area (Å²) in [7, 11) is 0. The van der Waals surface area contributed by atoms with Gasteiger partial charge < -0.3 is 10.1 Å². The van der Waals surface area contributed by atoms with Crippen molar-refractivity contribution in [2.45, 2.75) is 33.4 Å². The van der Waals surface area contributed by atoms with Crippen molar-refractivity contribution < 1.29 is 14.3 Å². The third-order valence-corrected chi connectivity index (χ3v) is 5.91. The minimum atomic E-state index is -0.786. The van der Waals surface area contributed by atoms with E-state index in [1.165, 1.54) is 23.9 Å². The van der Waals surface area contributed by atoms with Crippen LogP contribution in [0.1, 0.15) is 40.9 Å². The number of benzene rings is 3. The average Bonchev–Trinajstić information content (AvgIpc) is 2.83. The monoisotopic (exact) mass is 511 g/mol. The highest BCUT2D eigenvalue weighted by Crippen LogP contribution is 2.22. The van der Waals surface area contributed by atoms with Gasteiger partial charge in [-0.2, -0.15) is 5.10 Å². The highest BCUT2D eigenvalue weighted by Gasteiger charge is 2.24. The number of amides is 2. The molecule has 1 atom stereocenters. The Morgan fingerprint density at radius 2 is 1.74 bits per heavy atom. The molecule has 0 aromatic heterocycles. The van der Waals surface area contributed by atoms with E-state index in [2.05, 4.69) is 21.9 Å². The van der Waals surface area contributed by atoms with Gasteiger partial charge in [-0.1, -0.05) is 66.9 Å². The number of rotatable bonds is 9. The molecular weight excluding hydrogens is 485 g/mol. The number of nitrogens with zero attached hydrogens (tertiary/aromatic N) is 1. The smallest absolute Gasteiger partial charge is 0.262 e. The molecular formula is C27H27Cl2N3O3. The largest absolute Gasteiger partial charge is 0.489 e. The maximum atomic E-state index is 12.7. The van der Waals surface area contributed by atoms with E-state index in [-0.39, 0.29) is 10.9 Å². The summed E-state index contributed by atoms with van der Waals surface area (Å²) in [6.45, 7) is 6.19. The van der Waals surface area contributed by atoms with E-state index in [1.54, 1.807) is 6.07 Å². The second kappa shape index (κ2) is 12.4. The van der Waals surface area contributed by atoms with Crippen molar-refractivity contribution in [1.82, 2.24) is 10.7 Å². The first-order chi connectivity index (χ1) is 16.7. The lowest BCUT2D eigenvalue weighted by Crippen LogP contribution is -2.48. The Hall–Kier alpha value is -3.35. The summed E-state index contributed by atoms with van der Waals surface area (Å²) in [6.07, 6.45) is 1.53. The molecule has 0 radical (unpaired) electrons. The second-order valence-corrected chi connectivity index (χ2v) is 9.22. The Morgan fingerprint density at radius 1 is 1.00 bits per heavy atom. The summed E-state index contributed by atoms with van der Waals surface area (Å²) < 4.78 is 5.82. The molecule has 8 heteroatoms. The molecule has 6 nitrogen and oxygen atoms in total. The van der Waals surface area contributed by atoms with Gasteiger partial charge in [0.05, 0.1) is 16.3 Å². The van der Waals surface area contributed by atoms with Gasteiger partial charge in [0.15, 0.2) is 0 Å². The number of hydrogen-bond donors (Lipinski definition) is 2. The van der Waals surface area contributed by atoms with Crippen molar-refractivity contribution in [1.29, 1.82) is 0 Å². The fourth-order valence-electron chi connectivity index (χ4n) is 3.26. The Balaban J connectivity index is 1.54. The first-order valence-corrected chi connectivity index (χ1v) is 11.9. The highest BCUT2D eigenvalue weighted by atomic mass is 35.5. The maximum Gasteiger partial charge on any atom is 0.262 e. The molecule has 0 saturated carbocycles. The van der Waals surface area contributed by atoms with Crippen LogP contribution in [0.3, 0.4) is 0 Å². The lowest BCUT2D eigenvalue weighted by molar-refractivity contribution is -0.123. The normalized spacial score (nSPS) is 11.9. The molecule has 0 aliphatic heterocycles. The highest BCUT2D eigenvalue weighted by molar-refractivity contribution is 6.42. The van der Waals surface area contributed by atoms with Crippen LogP contribution in [0, 0.1) is 12.8 Å². The Morgan fingerprint density at radius 3 is 2.40 bits per heavy atom. The van der Waals surface area contributed by atoms with E-state index in [0.29, 0.717) is 17.2 Å². The Bertz CT molecular complexity index is 1210. The quantitative estimate of drug-likeness (QED) is 0.282. The first-order valence-electron chi connectivity index (χ1n) is 11.1. The van der Waals surface area contributed by atoms with Gasteiger partial charge in [-0.05, 0) is 66.4 Å². The van der Waals surface area contributed by atoms with E-state index in [4.69, 9.17) is 27.9 Å². The van der Waals surface area contributed by atoms with Gasteiger partial charge in [0.25, 0.3) is 11.8 Å². The number of carbonyl (C=O) groups is 2. The molecule has 0 fully saturated rings. The fourth-order valence-corrected chi connectivity index (χ4v) is 3.55. The van der Waals surface area contributed by atoms with Crippen molar-refractivity contribution in [3.05, 3.63) is 99.0 Å². The number of ether oxygens (including phenoxy) is 1. The predicted molar refractivity (Wildman–Crippen MR) is 140 cm³/mol.